The Morgan fingerprint density at radius 3 is 2.31 bits per heavy atom. The number of sulfonamides is 1. The van der Waals surface area contributed by atoms with Gasteiger partial charge in [-0.25, -0.2) is 17.8 Å². The highest BCUT2D eigenvalue weighted by molar-refractivity contribution is 7.89. The van der Waals surface area contributed by atoms with E-state index in [1.54, 1.807) is 50.2 Å². The molecule has 2 heterocycles. The number of hydrogen-bond acceptors (Lipinski definition) is 14. The zero-order valence-corrected chi connectivity index (χ0v) is 38.1. The molecule has 0 spiro atoms. The molecule has 0 aliphatic carbocycles. The van der Waals surface area contributed by atoms with Gasteiger partial charge in [-0.15, -0.1) is 0 Å². The summed E-state index contributed by atoms with van der Waals surface area (Å²) in [5, 5.41) is 17.9. The quantitative estimate of drug-likeness (QED) is 0.0667. The van der Waals surface area contributed by atoms with Crippen molar-refractivity contribution in [2.45, 2.75) is 96.0 Å². The maximum atomic E-state index is 14.1. The van der Waals surface area contributed by atoms with Crippen LogP contribution in [0, 0.1) is 11.8 Å². The topological polar surface area (TPSA) is 197 Å². The van der Waals surface area contributed by atoms with Gasteiger partial charge in [-0.05, 0) is 80.1 Å². The van der Waals surface area contributed by atoms with Crippen molar-refractivity contribution < 1.29 is 60.4 Å². The molecule has 1 amide bonds. The normalized spacial score (nSPS) is 19.9. The monoisotopic (exact) mass is 903 g/mol. The molecule has 2 saturated heterocycles. The first-order valence-corrected chi connectivity index (χ1v) is 24.3. The fourth-order valence-electron chi connectivity index (χ4n) is 7.22. The second-order valence-corrected chi connectivity index (χ2v) is 19.7. The van der Waals surface area contributed by atoms with Gasteiger partial charge in [0.2, 0.25) is 10.0 Å². The van der Waals surface area contributed by atoms with Crippen molar-refractivity contribution in [2.75, 3.05) is 52.7 Å². The fraction of sp³-hybridized carbons (Fsp3) is 0.545. The molecular weight excluding hydrogens is 842 g/mol. The van der Waals surface area contributed by atoms with Crippen LogP contribution in [0.1, 0.15) is 58.6 Å². The Balaban J connectivity index is 1.27. The number of Topliss-reactive ketones (excluding diaryl/α,β-unsaturated/α-hetero) is 1. The molecule has 18 heteroatoms. The van der Waals surface area contributed by atoms with E-state index in [4.69, 9.17) is 32.7 Å². The molecule has 2 aliphatic rings. The van der Waals surface area contributed by atoms with Crippen LogP contribution in [0.15, 0.2) is 77.7 Å². The molecule has 0 saturated carbocycles. The number of aliphatic hydroxyl groups excluding tert-OH is 1. The first-order valence-electron chi connectivity index (χ1n) is 21.2. The Labute approximate surface area is 365 Å². The molecule has 342 valence electrons. The lowest BCUT2D eigenvalue weighted by molar-refractivity contribution is -0.125. The predicted molar refractivity (Wildman–Crippen MR) is 232 cm³/mol. The van der Waals surface area contributed by atoms with Crippen LogP contribution in [0.3, 0.4) is 0 Å². The SMILES string of the molecule is CCOc1ccccc1OP(=O)(CCNCc1ccc(C[C@H](NC(=O)OC2CO[C@H]3OCC[C@@H]23)[C@H](O)CN(CC(C)C)S(=O)(=O)c2ccc(OC)cc2)cc1)O[C@@H](C)C(=O)CC. The van der Waals surface area contributed by atoms with Crippen molar-refractivity contribution >= 4 is 29.5 Å². The van der Waals surface area contributed by atoms with Crippen LogP contribution in [-0.4, -0.2) is 113 Å². The first kappa shape index (κ1) is 49.0. The van der Waals surface area contributed by atoms with E-state index in [-0.39, 0.29) is 73.5 Å². The summed E-state index contributed by atoms with van der Waals surface area (Å²) in [7, 11) is -6.40. The minimum Gasteiger partial charge on any atom is -0.497 e. The number of fused-ring (bicyclic) bond motifs is 1. The van der Waals surface area contributed by atoms with E-state index in [0.717, 1.165) is 11.1 Å². The minimum atomic E-state index is -4.05. The summed E-state index contributed by atoms with van der Waals surface area (Å²) in [5.41, 5.74) is 1.64. The number of nitrogens with zero attached hydrogens (tertiary/aromatic N) is 1. The van der Waals surface area contributed by atoms with E-state index in [0.29, 0.717) is 37.7 Å². The second kappa shape index (κ2) is 23.0. The largest absolute Gasteiger partial charge is 0.497 e. The van der Waals surface area contributed by atoms with Crippen molar-refractivity contribution in [3.05, 3.63) is 83.9 Å². The van der Waals surface area contributed by atoms with Crippen molar-refractivity contribution in [2.24, 2.45) is 11.8 Å². The Kier molecular flexibility index (Phi) is 18.2. The molecule has 0 bridgehead atoms. The number of aliphatic hydroxyl groups is 1. The number of methoxy groups -OCH3 is 1. The van der Waals surface area contributed by atoms with Crippen LogP contribution < -0.4 is 24.6 Å². The van der Waals surface area contributed by atoms with Crippen molar-refractivity contribution in [3.8, 4) is 17.2 Å². The molecule has 2 aliphatic heterocycles. The van der Waals surface area contributed by atoms with E-state index in [1.807, 2.05) is 45.0 Å². The molecular formula is C44H62N3O13PS. The van der Waals surface area contributed by atoms with Crippen LogP contribution in [0.2, 0.25) is 0 Å². The Hall–Kier alpha value is -4.06. The number of carbonyl (C=O) groups excluding carboxylic acids is 2. The van der Waals surface area contributed by atoms with Gasteiger partial charge < -0.3 is 43.9 Å². The fourth-order valence-corrected chi connectivity index (χ4v) is 10.6. The molecule has 3 N–H and O–H groups in total. The predicted octanol–water partition coefficient (Wildman–Crippen LogP) is 5.95. The highest BCUT2D eigenvalue weighted by Gasteiger charge is 2.44. The van der Waals surface area contributed by atoms with Crippen LogP contribution in [0.25, 0.3) is 0 Å². The van der Waals surface area contributed by atoms with Gasteiger partial charge >= 0.3 is 13.7 Å². The van der Waals surface area contributed by atoms with Crippen LogP contribution in [0.5, 0.6) is 17.2 Å². The maximum absolute atomic E-state index is 14.1. The summed E-state index contributed by atoms with van der Waals surface area (Å²) in [4.78, 5) is 25.8. The lowest BCUT2D eigenvalue weighted by Gasteiger charge is -2.31. The summed E-state index contributed by atoms with van der Waals surface area (Å²) < 4.78 is 82.8. The average Bonchev–Trinajstić information content (AvgIpc) is 3.88. The minimum absolute atomic E-state index is 0.0301. The molecule has 2 unspecified atom stereocenters. The van der Waals surface area contributed by atoms with Crippen molar-refractivity contribution in [1.29, 1.82) is 0 Å². The van der Waals surface area contributed by atoms with Gasteiger partial charge in [0.05, 0.1) is 56.1 Å². The third-order valence-corrected chi connectivity index (χ3v) is 14.3. The maximum Gasteiger partial charge on any atom is 0.407 e. The number of carbonyl (C=O) groups is 2. The molecule has 5 rings (SSSR count). The number of benzene rings is 3. The molecule has 16 nitrogen and oxygen atoms in total. The molecule has 3 aromatic rings. The Bertz CT molecular complexity index is 2050. The molecule has 0 aromatic heterocycles. The van der Waals surface area contributed by atoms with E-state index in [9.17, 15) is 27.7 Å². The van der Waals surface area contributed by atoms with Gasteiger partial charge in [-0.1, -0.05) is 57.2 Å². The number of rotatable bonds is 25. The molecule has 62 heavy (non-hydrogen) atoms. The van der Waals surface area contributed by atoms with E-state index in [1.165, 1.54) is 23.5 Å². The molecule has 3 aromatic carbocycles. The van der Waals surface area contributed by atoms with Gasteiger partial charge in [-0.3, -0.25) is 9.32 Å². The van der Waals surface area contributed by atoms with Gasteiger partial charge in [0.25, 0.3) is 0 Å². The first-order chi connectivity index (χ1) is 29.6. The van der Waals surface area contributed by atoms with Gasteiger partial charge in [-0.2, -0.15) is 4.31 Å². The number of amides is 1. The van der Waals surface area contributed by atoms with Crippen molar-refractivity contribution in [3.63, 3.8) is 0 Å². The van der Waals surface area contributed by atoms with Gasteiger partial charge in [0, 0.05) is 32.6 Å². The summed E-state index contributed by atoms with van der Waals surface area (Å²) in [6.07, 6.45) is -2.96. The Morgan fingerprint density at radius 2 is 1.65 bits per heavy atom. The lowest BCUT2D eigenvalue weighted by Crippen LogP contribution is -2.51. The lowest BCUT2D eigenvalue weighted by atomic mass is 10.00. The third-order valence-electron chi connectivity index (χ3n) is 10.5. The van der Waals surface area contributed by atoms with E-state index < -0.39 is 54.4 Å². The highest BCUT2D eigenvalue weighted by atomic mass is 32.2. The Morgan fingerprint density at radius 1 is 0.952 bits per heavy atom. The third kappa shape index (κ3) is 13.7. The summed E-state index contributed by atoms with van der Waals surface area (Å²) in [5.74, 6) is 0.800. The summed E-state index contributed by atoms with van der Waals surface area (Å²) >= 11 is 0. The zero-order valence-electron chi connectivity index (χ0n) is 36.4. The number of ether oxygens (including phenoxy) is 5. The average molecular weight is 904 g/mol. The second-order valence-electron chi connectivity index (χ2n) is 15.7. The van der Waals surface area contributed by atoms with E-state index >= 15 is 0 Å². The van der Waals surface area contributed by atoms with Crippen LogP contribution in [-0.2, 0) is 51.1 Å². The number of alkyl carbamates (subject to hydrolysis) is 1. The smallest absolute Gasteiger partial charge is 0.407 e. The standard InChI is InChI=1S/C44H62N3O13PS/c1-7-38(48)31(5)59-61(51,60-41-12-10-9-11-40(41)55-8-2)24-22-45-26-33-15-13-32(14-16-33)25-37(46-44(50)58-42-29-57-43-36(42)21-23-56-43)39(49)28-47(27-30(3)4)62(52,53)35-19-17-34(54-6)18-20-35/h9-20,30-31,36-37,39,42-43,45,49H,7-8,21-29H2,1-6H3,(H,46,50)/t31-,36-,37-,39+,42?,43+,61?/m0/s1. The molecule has 2 fully saturated rings. The van der Waals surface area contributed by atoms with Crippen LogP contribution in [0.4, 0.5) is 4.79 Å². The summed E-state index contributed by atoms with van der Waals surface area (Å²) in [6.45, 7) is 10.4. The highest BCUT2D eigenvalue weighted by Crippen LogP contribution is 2.51. The molecule has 0 radical (unpaired) electrons. The number of para-hydroxylation sites is 2. The van der Waals surface area contributed by atoms with Gasteiger partial charge in [0.15, 0.2) is 23.6 Å². The van der Waals surface area contributed by atoms with E-state index in [2.05, 4.69) is 10.6 Å². The van der Waals surface area contributed by atoms with Gasteiger partial charge in [0.1, 0.15) is 18.0 Å². The number of ketones is 1. The number of nitrogens with one attached hydrogen (secondary N) is 2. The van der Waals surface area contributed by atoms with Crippen molar-refractivity contribution in [1.82, 2.24) is 14.9 Å². The number of hydrogen-bond donors (Lipinski definition) is 3. The van der Waals surface area contributed by atoms with Crippen LogP contribution >= 0.6 is 7.60 Å². The zero-order chi connectivity index (χ0) is 44.9. The summed E-state index contributed by atoms with van der Waals surface area (Å²) in [6, 6.07) is 19.4. The molecule has 7 atom stereocenters.